The third-order valence-electron chi connectivity index (χ3n) is 2.93. The van der Waals surface area contributed by atoms with Crippen LogP contribution in [0.5, 0.6) is 0 Å². The lowest BCUT2D eigenvalue weighted by Gasteiger charge is -2.08. The summed E-state index contributed by atoms with van der Waals surface area (Å²) in [6, 6.07) is 9.45. The molecule has 0 aliphatic carbocycles. The van der Waals surface area contributed by atoms with Gasteiger partial charge in [-0.05, 0) is 25.5 Å². The number of nitrogens with one attached hydrogen (secondary N) is 1. The average molecular weight is 272 g/mol. The maximum atomic E-state index is 11.8. The maximum Gasteiger partial charge on any atom is 0.303 e. The Morgan fingerprint density at radius 2 is 2.00 bits per heavy atom. The number of aromatic nitrogens is 1. The molecule has 1 aromatic carbocycles. The van der Waals surface area contributed by atoms with Crippen LogP contribution in [0.2, 0.25) is 0 Å². The second-order valence-electron chi connectivity index (χ2n) is 4.63. The Bertz CT molecular complexity index is 653. The van der Waals surface area contributed by atoms with Crippen LogP contribution in [0.1, 0.15) is 25.0 Å². The van der Waals surface area contributed by atoms with E-state index in [-0.39, 0.29) is 18.7 Å². The van der Waals surface area contributed by atoms with Gasteiger partial charge in [-0.2, -0.15) is 0 Å². The Morgan fingerprint density at radius 3 is 2.75 bits per heavy atom. The molecule has 1 amide bonds. The number of benzene rings is 1. The van der Waals surface area contributed by atoms with Crippen molar-refractivity contribution < 1.29 is 14.7 Å². The second kappa shape index (κ2) is 6.14. The highest BCUT2D eigenvalue weighted by Crippen LogP contribution is 2.22. The fourth-order valence-electron chi connectivity index (χ4n) is 1.96. The molecule has 5 nitrogen and oxygen atoms in total. The Morgan fingerprint density at radius 1 is 1.20 bits per heavy atom. The van der Waals surface area contributed by atoms with Gasteiger partial charge in [0.1, 0.15) is 0 Å². The standard InChI is InChI=1S/C15H16N2O3/c1-10-8-9-11-4-2-5-12(15(11)16-10)17-13(18)6-3-7-14(19)20/h2,4-5,8-9H,3,6-7H2,1H3,(H,17,18)(H,19,20). The SMILES string of the molecule is Cc1ccc2cccc(NC(=O)CCCC(=O)O)c2n1. The van der Waals surface area contributed by atoms with Crippen LogP contribution in [-0.4, -0.2) is 22.0 Å². The van der Waals surface area contributed by atoms with E-state index in [9.17, 15) is 9.59 Å². The average Bonchev–Trinajstić information content (AvgIpc) is 2.39. The number of para-hydroxylation sites is 1. The molecule has 0 atom stereocenters. The smallest absolute Gasteiger partial charge is 0.303 e. The zero-order valence-electron chi connectivity index (χ0n) is 11.2. The fourth-order valence-corrected chi connectivity index (χ4v) is 1.96. The minimum Gasteiger partial charge on any atom is -0.481 e. The number of carbonyl (C=O) groups excluding carboxylic acids is 1. The van der Waals surface area contributed by atoms with Gasteiger partial charge in [0.25, 0.3) is 0 Å². The molecular weight excluding hydrogens is 256 g/mol. The Labute approximate surface area is 116 Å². The summed E-state index contributed by atoms with van der Waals surface area (Å²) in [5.74, 6) is -1.08. The van der Waals surface area contributed by atoms with Gasteiger partial charge >= 0.3 is 5.97 Å². The zero-order valence-corrected chi connectivity index (χ0v) is 11.2. The molecule has 0 aliphatic rings. The molecule has 2 aromatic rings. The predicted octanol–water partition coefficient (Wildman–Crippen LogP) is 2.74. The number of rotatable bonds is 5. The molecule has 0 saturated heterocycles. The van der Waals surface area contributed by atoms with Crippen LogP contribution in [0.3, 0.4) is 0 Å². The molecule has 2 N–H and O–H groups in total. The van der Waals surface area contributed by atoms with E-state index in [1.54, 1.807) is 6.07 Å². The van der Waals surface area contributed by atoms with E-state index in [4.69, 9.17) is 5.11 Å². The van der Waals surface area contributed by atoms with Crippen LogP contribution in [0.15, 0.2) is 30.3 Å². The second-order valence-corrected chi connectivity index (χ2v) is 4.63. The number of nitrogens with zero attached hydrogens (tertiary/aromatic N) is 1. The lowest BCUT2D eigenvalue weighted by atomic mass is 10.1. The number of carbonyl (C=O) groups is 2. The van der Waals surface area contributed by atoms with Crippen molar-refractivity contribution in [2.24, 2.45) is 0 Å². The summed E-state index contributed by atoms with van der Waals surface area (Å²) in [6.07, 6.45) is 0.521. The van der Waals surface area contributed by atoms with Crippen LogP contribution in [0.4, 0.5) is 5.69 Å². The summed E-state index contributed by atoms with van der Waals surface area (Å²) < 4.78 is 0. The van der Waals surface area contributed by atoms with Gasteiger partial charge in [0.05, 0.1) is 11.2 Å². The van der Waals surface area contributed by atoms with Crippen LogP contribution in [0, 0.1) is 6.92 Å². The number of pyridine rings is 1. The maximum absolute atomic E-state index is 11.8. The molecule has 2 rings (SSSR count). The molecule has 0 aliphatic heterocycles. The first-order valence-corrected chi connectivity index (χ1v) is 6.44. The first-order valence-electron chi connectivity index (χ1n) is 6.44. The van der Waals surface area contributed by atoms with Crippen molar-refractivity contribution in [3.63, 3.8) is 0 Å². The highest BCUT2D eigenvalue weighted by atomic mass is 16.4. The third kappa shape index (κ3) is 3.54. The van der Waals surface area contributed by atoms with Crippen molar-refractivity contribution in [2.45, 2.75) is 26.2 Å². The number of carboxylic acids is 1. The van der Waals surface area contributed by atoms with Gasteiger partial charge in [0.2, 0.25) is 5.91 Å². The predicted molar refractivity (Wildman–Crippen MR) is 76.6 cm³/mol. The first-order chi connectivity index (χ1) is 9.56. The summed E-state index contributed by atoms with van der Waals surface area (Å²) in [5.41, 5.74) is 2.29. The number of hydrogen-bond acceptors (Lipinski definition) is 3. The quantitative estimate of drug-likeness (QED) is 0.877. The molecular formula is C15H16N2O3. The number of aryl methyl sites for hydroxylation is 1. The lowest BCUT2D eigenvalue weighted by molar-refractivity contribution is -0.137. The van der Waals surface area contributed by atoms with Crippen molar-refractivity contribution in [3.05, 3.63) is 36.0 Å². The Kier molecular flexibility index (Phi) is 4.30. The lowest BCUT2D eigenvalue weighted by Crippen LogP contribution is -2.12. The molecule has 0 unspecified atom stereocenters. The van der Waals surface area contributed by atoms with Gasteiger partial charge in [-0.1, -0.05) is 18.2 Å². The van der Waals surface area contributed by atoms with Crippen LogP contribution >= 0.6 is 0 Å². The molecule has 0 fully saturated rings. The molecule has 0 radical (unpaired) electrons. The van der Waals surface area contributed by atoms with E-state index in [1.165, 1.54) is 0 Å². The molecule has 0 spiro atoms. The molecule has 0 saturated carbocycles. The highest BCUT2D eigenvalue weighted by Gasteiger charge is 2.08. The molecule has 1 aromatic heterocycles. The summed E-state index contributed by atoms with van der Waals surface area (Å²) in [4.78, 5) is 26.6. The Hall–Kier alpha value is -2.43. The van der Waals surface area contributed by atoms with Crippen molar-refractivity contribution in [3.8, 4) is 0 Å². The summed E-state index contributed by atoms with van der Waals surface area (Å²) >= 11 is 0. The Balaban J connectivity index is 2.11. The molecule has 104 valence electrons. The number of aliphatic carboxylic acids is 1. The van der Waals surface area contributed by atoms with Crippen LogP contribution in [0.25, 0.3) is 10.9 Å². The van der Waals surface area contributed by atoms with Gasteiger partial charge in [-0.3, -0.25) is 14.6 Å². The number of fused-ring (bicyclic) bond motifs is 1. The summed E-state index contributed by atoms with van der Waals surface area (Å²) in [7, 11) is 0. The minimum absolute atomic E-state index is 0.000313. The first kappa shape index (κ1) is 14.0. The zero-order chi connectivity index (χ0) is 14.5. The van der Waals surface area contributed by atoms with Crippen LogP contribution in [-0.2, 0) is 9.59 Å². The molecule has 0 bridgehead atoms. The molecule has 1 heterocycles. The van der Waals surface area contributed by atoms with E-state index >= 15 is 0 Å². The monoisotopic (exact) mass is 272 g/mol. The highest BCUT2D eigenvalue weighted by molar-refractivity contribution is 6.00. The largest absolute Gasteiger partial charge is 0.481 e. The van der Waals surface area contributed by atoms with Crippen molar-refractivity contribution in [1.82, 2.24) is 4.98 Å². The topological polar surface area (TPSA) is 79.3 Å². The molecule has 5 heteroatoms. The molecule has 20 heavy (non-hydrogen) atoms. The fraction of sp³-hybridized carbons (Fsp3) is 0.267. The van der Waals surface area contributed by atoms with Gasteiger partial charge < -0.3 is 10.4 Å². The van der Waals surface area contributed by atoms with E-state index in [1.807, 2.05) is 31.2 Å². The number of hydrogen-bond donors (Lipinski definition) is 2. The van der Waals surface area contributed by atoms with Crippen molar-refractivity contribution >= 4 is 28.5 Å². The summed E-state index contributed by atoms with van der Waals surface area (Å²) in [5, 5.41) is 12.3. The van der Waals surface area contributed by atoms with Gasteiger partial charge in [0.15, 0.2) is 0 Å². The number of amides is 1. The minimum atomic E-state index is -0.889. The number of carboxylic acid groups (broad SMARTS) is 1. The van der Waals surface area contributed by atoms with Gasteiger partial charge in [0, 0.05) is 23.9 Å². The normalized spacial score (nSPS) is 10.4. The van der Waals surface area contributed by atoms with E-state index < -0.39 is 5.97 Å². The van der Waals surface area contributed by atoms with Crippen molar-refractivity contribution in [1.29, 1.82) is 0 Å². The van der Waals surface area contributed by atoms with E-state index in [2.05, 4.69) is 10.3 Å². The van der Waals surface area contributed by atoms with Crippen LogP contribution < -0.4 is 5.32 Å². The summed E-state index contributed by atoms with van der Waals surface area (Å²) in [6.45, 7) is 1.89. The van der Waals surface area contributed by atoms with E-state index in [0.717, 1.165) is 16.6 Å². The van der Waals surface area contributed by atoms with Gasteiger partial charge in [-0.15, -0.1) is 0 Å². The van der Waals surface area contributed by atoms with Crippen molar-refractivity contribution in [2.75, 3.05) is 5.32 Å². The van der Waals surface area contributed by atoms with Gasteiger partial charge in [-0.25, -0.2) is 0 Å². The van der Waals surface area contributed by atoms with E-state index in [0.29, 0.717) is 12.1 Å². The number of anilines is 1. The third-order valence-corrected chi connectivity index (χ3v) is 2.93.